The van der Waals surface area contributed by atoms with E-state index >= 15 is 0 Å². The summed E-state index contributed by atoms with van der Waals surface area (Å²) < 4.78 is 5.36. The topological polar surface area (TPSA) is 63.7 Å². The zero-order valence-electron chi connectivity index (χ0n) is 14.5. The van der Waals surface area contributed by atoms with Crippen LogP contribution < -0.4 is 9.64 Å². The summed E-state index contributed by atoms with van der Waals surface area (Å²) in [7, 11) is 0. The van der Waals surface area contributed by atoms with Gasteiger partial charge in [0, 0.05) is 29.2 Å². The lowest BCUT2D eigenvalue weighted by atomic mass is 10.1. The molecule has 0 radical (unpaired) electrons. The molecule has 0 unspecified atom stereocenters. The highest BCUT2D eigenvalue weighted by atomic mass is 35.5. The van der Waals surface area contributed by atoms with Crippen molar-refractivity contribution in [2.45, 2.75) is 20.3 Å². The lowest BCUT2D eigenvalue weighted by Crippen LogP contribution is -2.27. The molecule has 2 aromatic rings. The van der Waals surface area contributed by atoms with Crippen LogP contribution in [0.15, 0.2) is 42.5 Å². The van der Waals surface area contributed by atoms with Gasteiger partial charge in [0.25, 0.3) is 0 Å². The number of anilines is 1. The molecule has 6 heteroatoms. The van der Waals surface area contributed by atoms with Gasteiger partial charge >= 0.3 is 5.97 Å². The molecule has 5 nitrogen and oxygen atoms in total. The zero-order valence-corrected chi connectivity index (χ0v) is 15.2. The first kappa shape index (κ1) is 18.1. The Morgan fingerprint density at radius 2 is 1.85 bits per heavy atom. The Labute approximate surface area is 156 Å². The number of benzene rings is 2. The number of amides is 1. The SMILES string of the molecule is CC(=O)c1ccc(OC(=O)[C@@H]2CC(=O)N(c3cccc(Cl)c3C)C2)cc1. The average Bonchev–Trinajstić information content (AvgIpc) is 2.99. The van der Waals surface area contributed by atoms with E-state index in [0.717, 1.165) is 5.56 Å². The molecule has 0 bridgehead atoms. The van der Waals surface area contributed by atoms with E-state index in [0.29, 0.717) is 22.0 Å². The van der Waals surface area contributed by atoms with Crippen molar-refractivity contribution in [2.24, 2.45) is 5.92 Å². The minimum absolute atomic E-state index is 0.0585. The Hall–Kier alpha value is -2.66. The van der Waals surface area contributed by atoms with Gasteiger partial charge in [-0.1, -0.05) is 17.7 Å². The number of hydrogen-bond acceptors (Lipinski definition) is 4. The van der Waals surface area contributed by atoms with Crippen molar-refractivity contribution in [1.82, 2.24) is 0 Å². The molecule has 26 heavy (non-hydrogen) atoms. The minimum Gasteiger partial charge on any atom is -0.426 e. The molecule has 1 fully saturated rings. The Bertz CT molecular complexity index is 876. The second-order valence-corrected chi connectivity index (χ2v) is 6.70. The summed E-state index contributed by atoms with van der Waals surface area (Å²) in [4.78, 5) is 37.6. The predicted molar refractivity (Wildman–Crippen MR) is 98.7 cm³/mol. The van der Waals surface area contributed by atoms with Crippen molar-refractivity contribution < 1.29 is 19.1 Å². The highest BCUT2D eigenvalue weighted by molar-refractivity contribution is 6.31. The van der Waals surface area contributed by atoms with Gasteiger partial charge < -0.3 is 9.64 Å². The molecule has 0 spiro atoms. The van der Waals surface area contributed by atoms with Gasteiger partial charge in [-0.3, -0.25) is 14.4 Å². The minimum atomic E-state index is -0.548. The van der Waals surface area contributed by atoms with Gasteiger partial charge in [0.1, 0.15) is 5.75 Å². The van der Waals surface area contributed by atoms with Crippen molar-refractivity contribution in [1.29, 1.82) is 0 Å². The van der Waals surface area contributed by atoms with E-state index in [2.05, 4.69) is 0 Å². The van der Waals surface area contributed by atoms with E-state index < -0.39 is 11.9 Å². The maximum atomic E-state index is 12.4. The Morgan fingerprint density at radius 3 is 2.50 bits per heavy atom. The largest absolute Gasteiger partial charge is 0.426 e. The normalized spacial score (nSPS) is 16.7. The molecule has 1 amide bonds. The van der Waals surface area contributed by atoms with Crippen molar-refractivity contribution in [3.05, 3.63) is 58.6 Å². The number of ether oxygens (including phenoxy) is 1. The molecule has 3 rings (SSSR count). The zero-order chi connectivity index (χ0) is 18.8. The van der Waals surface area contributed by atoms with E-state index in [9.17, 15) is 14.4 Å². The summed E-state index contributed by atoms with van der Waals surface area (Å²) in [6, 6.07) is 11.7. The molecule has 0 N–H and O–H groups in total. The molecule has 0 aliphatic carbocycles. The molecule has 2 aromatic carbocycles. The van der Waals surface area contributed by atoms with Crippen LogP contribution in [0, 0.1) is 12.8 Å². The van der Waals surface area contributed by atoms with E-state index in [1.807, 2.05) is 13.0 Å². The summed E-state index contributed by atoms with van der Waals surface area (Å²) in [5.74, 6) is -0.852. The maximum Gasteiger partial charge on any atom is 0.316 e. The van der Waals surface area contributed by atoms with Crippen molar-refractivity contribution in [2.75, 3.05) is 11.4 Å². The standard InChI is InChI=1S/C20H18ClNO4/c1-12-17(21)4-3-5-18(12)22-11-15(10-19(22)24)20(25)26-16-8-6-14(7-9-16)13(2)23/h3-9,15H,10-11H2,1-2H3/t15-/m1/s1. The van der Waals surface area contributed by atoms with Gasteiger partial charge in [-0.25, -0.2) is 0 Å². The van der Waals surface area contributed by atoms with Crippen LogP contribution in [0.25, 0.3) is 0 Å². The van der Waals surface area contributed by atoms with Crippen LogP contribution in [0.3, 0.4) is 0 Å². The van der Waals surface area contributed by atoms with Crippen LogP contribution in [0.5, 0.6) is 5.75 Å². The second kappa shape index (κ2) is 7.30. The highest BCUT2D eigenvalue weighted by Crippen LogP contribution is 2.32. The summed E-state index contributed by atoms with van der Waals surface area (Å²) in [6.07, 6.45) is 0.0936. The first-order valence-electron chi connectivity index (χ1n) is 8.25. The molecular weight excluding hydrogens is 354 g/mol. The number of Topliss-reactive ketones (excluding diaryl/α,β-unsaturated/α-hetero) is 1. The number of carbonyl (C=O) groups is 3. The van der Waals surface area contributed by atoms with Crippen molar-refractivity contribution in [3.63, 3.8) is 0 Å². The van der Waals surface area contributed by atoms with Gasteiger partial charge in [-0.15, -0.1) is 0 Å². The summed E-state index contributed by atoms with van der Waals surface area (Å²) in [5.41, 5.74) is 2.06. The fraction of sp³-hybridized carbons (Fsp3) is 0.250. The lowest BCUT2D eigenvalue weighted by molar-refractivity contribution is -0.139. The number of nitrogens with zero attached hydrogens (tertiary/aromatic N) is 1. The molecular formula is C20H18ClNO4. The lowest BCUT2D eigenvalue weighted by Gasteiger charge is -2.19. The van der Waals surface area contributed by atoms with Crippen LogP contribution in [0.4, 0.5) is 5.69 Å². The molecule has 1 saturated heterocycles. The monoisotopic (exact) mass is 371 g/mol. The fourth-order valence-corrected chi connectivity index (χ4v) is 3.11. The molecule has 0 aromatic heterocycles. The van der Waals surface area contributed by atoms with Crippen LogP contribution in [-0.2, 0) is 9.59 Å². The summed E-state index contributed by atoms with van der Waals surface area (Å²) >= 11 is 6.13. The maximum absolute atomic E-state index is 12.4. The Balaban J connectivity index is 1.71. The number of ketones is 1. The Morgan fingerprint density at radius 1 is 1.15 bits per heavy atom. The average molecular weight is 372 g/mol. The molecule has 1 heterocycles. The van der Waals surface area contributed by atoms with Crippen LogP contribution in [-0.4, -0.2) is 24.2 Å². The van der Waals surface area contributed by atoms with E-state index in [-0.39, 0.29) is 24.7 Å². The van der Waals surface area contributed by atoms with Gasteiger partial charge in [-0.2, -0.15) is 0 Å². The number of rotatable bonds is 4. The van der Waals surface area contributed by atoms with Gasteiger partial charge in [-0.05, 0) is 55.8 Å². The number of hydrogen-bond donors (Lipinski definition) is 0. The Kier molecular flexibility index (Phi) is 5.09. The summed E-state index contributed by atoms with van der Waals surface area (Å²) in [5, 5.41) is 0.576. The second-order valence-electron chi connectivity index (χ2n) is 6.29. The highest BCUT2D eigenvalue weighted by Gasteiger charge is 2.37. The van der Waals surface area contributed by atoms with Gasteiger partial charge in [0.05, 0.1) is 5.92 Å². The molecule has 134 valence electrons. The first-order valence-corrected chi connectivity index (χ1v) is 8.63. The predicted octanol–water partition coefficient (Wildman–Crippen LogP) is 3.81. The molecule has 1 aliphatic heterocycles. The van der Waals surface area contributed by atoms with E-state index in [1.165, 1.54) is 6.92 Å². The third-order valence-electron chi connectivity index (χ3n) is 4.47. The molecule has 0 saturated carbocycles. The number of carbonyl (C=O) groups excluding carboxylic acids is 3. The van der Waals surface area contributed by atoms with Crippen LogP contribution in [0.2, 0.25) is 5.02 Å². The van der Waals surface area contributed by atoms with E-state index in [4.69, 9.17) is 16.3 Å². The smallest absolute Gasteiger partial charge is 0.316 e. The molecule has 1 aliphatic rings. The van der Waals surface area contributed by atoms with Crippen molar-refractivity contribution >= 4 is 34.9 Å². The third-order valence-corrected chi connectivity index (χ3v) is 4.88. The summed E-state index contributed by atoms with van der Waals surface area (Å²) in [6.45, 7) is 3.56. The number of esters is 1. The van der Waals surface area contributed by atoms with Crippen LogP contribution in [0.1, 0.15) is 29.3 Å². The van der Waals surface area contributed by atoms with Gasteiger partial charge in [0.15, 0.2) is 5.78 Å². The number of halogens is 1. The quantitative estimate of drug-likeness (QED) is 0.465. The third kappa shape index (κ3) is 3.63. The van der Waals surface area contributed by atoms with Gasteiger partial charge in [0.2, 0.25) is 5.91 Å². The van der Waals surface area contributed by atoms with Crippen molar-refractivity contribution in [3.8, 4) is 5.75 Å². The first-order chi connectivity index (χ1) is 12.4. The fourth-order valence-electron chi connectivity index (χ4n) is 2.94. The van der Waals surface area contributed by atoms with E-state index in [1.54, 1.807) is 41.3 Å². The molecule has 1 atom stereocenters. The van der Waals surface area contributed by atoms with Crippen LogP contribution >= 0.6 is 11.6 Å².